The van der Waals surface area contributed by atoms with Gasteiger partial charge in [-0.05, 0) is 55.7 Å². The van der Waals surface area contributed by atoms with Gasteiger partial charge in [0.15, 0.2) is 5.13 Å². The van der Waals surface area contributed by atoms with Crippen LogP contribution in [0.3, 0.4) is 0 Å². The summed E-state index contributed by atoms with van der Waals surface area (Å²) in [4.78, 5) is 29.8. The van der Waals surface area contributed by atoms with E-state index in [1.54, 1.807) is 4.90 Å². The number of aromatic nitrogens is 1. The number of carbonyl (C=O) groups excluding carboxylic acids is 1. The van der Waals surface area contributed by atoms with Crippen LogP contribution in [0.1, 0.15) is 43.7 Å². The molecule has 1 heterocycles. The summed E-state index contributed by atoms with van der Waals surface area (Å²) in [6, 6.07) is 4.78. The number of carboxylic acids is 1. The van der Waals surface area contributed by atoms with Crippen molar-refractivity contribution in [2.75, 3.05) is 17.6 Å². The van der Waals surface area contributed by atoms with Crippen LogP contribution in [0, 0.1) is 5.92 Å². The number of nitrogens with one attached hydrogen (secondary N) is 1. The van der Waals surface area contributed by atoms with E-state index in [9.17, 15) is 22.8 Å². The zero-order chi connectivity index (χ0) is 24.0. The van der Waals surface area contributed by atoms with Crippen molar-refractivity contribution in [2.24, 2.45) is 5.92 Å². The highest BCUT2D eigenvalue weighted by Crippen LogP contribution is 2.31. The Morgan fingerprint density at radius 1 is 1.21 bits per heavy atom. The van der Waals surface area contributed by atoms with E-state index in [1.165, 1.54) is 29.7 Å². The molecule has 6 nitrogen and oxygen atoms in total. The molecule has 1 aromatic carbocycles. The Bertz CT molecular complexity index is 942. The molecule has 180 valence electrons. The van der Waals surface area contributed by atoms with Crippen LogP contribution in [0.15, 0.2) is 34.7 Å². The van der Waals surface area contributed by atoms with E-state index in [2.05, 4.69) is 17.2 Å². The van der Waals surface area contributed by atoms with Gasteiger partial charge in [0, 0.05) is 12.6 Å². The lowest BCUT2D eigenvalue weighted by Crippen LogP contribution is -2.45. The summed E-state index contributed by atoms with van der Waals surface area (Å²) in [5.74, 6) is -0.413. The number of alkyl halides is 3. The largest absolute Gasteiger partial charge is 0.481 e. The lowest BCUT2D eigenvalue weighted by molar-refractivity contribution is -0.137. The Labute approximate surface area is 198 Å². The summed E-state index contributed by atoms with van der Waals surface area (Å²) in [7, 11) is 0. The second-order valence-electron chi connectivity index (χ2n) is 8.15. The van der Waals surface area contributed by atoms with Crippen LogP contribution in [-0.2, 0) is 17.4 Å². The fourth-order valence-electron chi connectivity index (χ4n) is 3.79. The van der Waals surface area contributed by atoms with Crippen LogP contribution in [0.2, 0.25) is 0 Å². The van der Waals surface area contributed by atoms with E-state index in [1.807, 2.05) is 0 Å². The van der Waals surface area contributed by atoms with Gasteiger partial charge in [0.05, 0.1) is 21.7 Å². The monoisotopic (exact) mass is 501 g/mol. The topological polar surface area (TPSA) is 82.5 Å². The predicted octanol–water partition coefficient (Wildman–Crippen LogP) is 5.99. The van der Waals surface area contributed by atoms with Crippen molar-refractivity contribution in [3.63, 3.8) is 0 Å². The second kappa shape index (κ2) is 11.2. The molecule has 1 saturated carbocycles. The van der Waals surface area contributed by atoms with Gasteiger partial charge in [-0.1, -0.05) is 30.4 Å². The molecule has 11 heteroatoms. The van der Waals surface area contributed by atoms with Gasteiger partial charge >= 0.3 is 18.2 Å². The smallest absolute Gasteiger partial charge is 0.416 e. The molecule has 0 unspecified atom stereocenters. The molecule has 1 fully saturated rings. The lowest BCUT2D eigenvalue weighted by atomic mass is 9.86. The van der Waals surface area contributed by atoms with Crippen LogP contribution in [0.25, 0.3) is 0 Å². The molecule has 0 atom stereocenters. The molecule has 0 bridgehead atoms. The molecule has 0 spiro atoms. The number of anilines is 1. The third kappa shape index (κ3) is 7.63. The van der Waals surface area contributed by atoms with Crippen LogP contribution >= 0.6 is 23.1 Å². The third-order valence-electron chi connectivity index (χ3n) is 5.65. The van der Waals surface area contributed by atoms with E-state index < -0.39 is 17.7 Å². The average molecular weight is 502 g/mol. The van der Waals surface area contributed by atoms with Crippen LogP contribution in [0.4, 0.5) is 23.1 Å². The SMILES string of the molecule is CC1CCC(N(CCc2ccc(C(F)(F)F)cc2)C(=O)Nc2ncc(SCC(=O)O)s2)CC1. The summed E-state index contributed by atoms with van der Waals surface area (Å²) in [6.07, 6.45) is 1.37. The molecular weight excluding hydrogens is 475 g/mol. The second-order valence-corrected chi connectivity index (χ2v) is 10.5. The maximum absolute atomic E-state index is 13.1. The maximum atomic E-state index is 13.1. The Hall–Kier alpha value is -2.27. The van der Waals surface area contributed by atoms with Crippen molar-refractivity contribution in [1.29, 1.82) is 0 Å². The highest BCUT2D eigenvalue weighted by molar-refractivity contribution is 8.01. The average Bonchev–Trinajstić information content (AvgIpc) is 3.20. The van der Waals surface area contributed by atoms with E-state index in [-0.39, 0.29) is 17.8 Å². The normalized spacial score (nSPS) is 18.7. The predicted molar refractivity (Wildman–Crippen MR) is 123 cm³/mol. The zero-order valence-corrected chi connectivity index (χ0v) is 19.7. The Balaban J connectivity index is 1.66. The van der Waals surface area contributed by atoms with Crippen molar-refractivity contribution in [3.8, 4) is 0 Å². The maximum Gasteiger partial charge on any atom is 0.416 e. The van der Waals surface area contributed by atoms with Crippen LogP contribution < -0.4 is 5.32 Å². The molecule has 0 aliphatic heterocycles. The number of thioether (sulfide) groups is 1. The molecule has 0 radical (unpaired) electrons. The standard InChI is InChI=1S/C22H26F3N3O3S2/c1-14-2-8-17(9-3-14)28(11-10-15-4-6-16(7-5-15)22(23,24)25)21(31)27-20-26-12-19(33-20)32-13-18(29)30/h4-7,12,14,17H,2-3,8-11,13H2,1H3,(H,29,30)(H,26,27,31). The first-order valence-corrected chi connectivity index (χ1v) is 12.5. The number of hydrogen-bond donors (Lipinski definition) is 2. The fourth-order valence-corrected chi connectivity index (χ4v) is 5.38. The van der Waals surface area contributed by atoms with E-state index in [0.717, 1.165) is 55.1 Å². The molecule has 2 amide bonds. The van der Waals surface area contributed by atoms with E-state index in [0.29, 0.717) is 28.2 Å². The summed E-state index contributed by atoms with van der Waals surface area (Å²) in [5, 5.41) is 12.0. The lowest BCUT2D eigenvalue weighted by Gasteiger charge is -2.36. The number of thiazole rings is 1. The van der Waals surface area contributed by atoms with Gasteiger partial charge in [0.1, 0.15) is 0 Å². The first-order chi connectivity index (χ1) is 15.6. The zero-order valence-electron chi connectivity index (χ0n) is 18.1. The minimum Gasteiger partial charge on any atom is -0.481 e. The Kier molecular flexibility index (Phi) is 8.63. The van der Waals surface area contributed by atoms with Crippen LogP contribution in [0.5, 0.6) is 0 Å². The third-order valence-corrected chi connectivity index (χ3v) is 7.74. The van der Waals surface area contributed by atoms with Crippen molar-refractivity contribution in [3.05, 3.63) is 41.6 Å². The molecule has 0 saturated heterocycles. The van der Waals surface area contributed by atoms with Gasteiger partial charge in [-0.2, -0.15) is 13.2 Å². The number of benzene rings is 1. The van der Waals surface area contributed by atoms with Gasteiger partial charge in [-0.15, -0.1) is 11.8 Å². The van der Waals surface area contributed by atoms with Gasteiger partial charge in [-0.3, -0.25) is 10.1 Å². The van der Waals surface area contributed by atoms with Crippen molar-refractivity contribution < 1.29 is 27.9 Å². The summed E-state index contributed by atoms with van der Waals surface area (Å²) in [6.45, 7) is 2.57. The van der Waals surface area contributed by atoms with Crippen molar-refractivity contribution >= 4 is 40.2 Å². The number of amides is 2. The number of carbonyl (C=O) groups is 2. The van der Waals surface area contributed by atoms with Crippen LogP contribution in [-0.4, -0.2) is 45.3 Å². The molecular formula is C22H26F3N3O3S2. The molecule has 3 rings (SSSR count). The quantitative estimate of drug-likeness (QED) is 0.434. The number of carboxylic acid groups (broad SMARTS) is 1. The highest BCUT2D eigenvalue weighted by Gasteiger charge is 2.30. The Morgan fingerprint density at radius 3 is 2.48 bits per heavy atom. The fraction of sp³-hybridized carbons (Fsp3) is 0.500. The number of halogens is 3. The van der Waals surface area contributed by atoms with Gasteiger partial charge < -0.3 is 10.0 Å². The molecule has 2 aromatic rings. The number of rotatable bonds is 8. The minimum atomic E-state index is -4.38. The number of nitrogens with zero attached hydrogens (tertiary/aromatic N) is 2. The number of aliphatic carboxylic acids is 1. The molecule has 1 aromatic heterocycles. The Morgan fingerprint density at radius 2 is 1.88 bits per heavy atom. The molecule has 2 N–H and O–H groups in total. The summed E-state index contributed by atoms with van der Waals surface area (Å²) < 4.78 is 39.1. The van der Waals surface area contributed by atoms with E-state index in [4.69, 9.17) is 5.11 Å². The number of hydrogen-bond acceptors (Lipinski definition) is 5. The highest BCUT2D eigenvalue weighted by atomic mass is 32.2. The van der Waals surface area contributed by atoms with Crippen molar-refractivity contribution in [1.82, 2.24) is 9.88 Å². The molecule has 1 aliphatic rings. The van der Waals surface area contributed by atoms with E-state index >= 15 is 0 Å². The number of urea groups is 1. The summed E-state index contributed by atoms with van der Waals surface area (Å²) >= 11 is 2.34. The van der Waals surface area contributed by atoms with Gasteiger partial charge in [0.25, 0.3) is 0 Å². The first kappa shape index (κ1) is 25.4. The van der Waals surface area contributed by atoms with Gasteiger partial charge in [-0.25, -0.2) is 9.78 Å². The summed E-state index contributed by atoms with van der Waals surface area (Å²) in [5.41, 5.74) is 0.0362. The first-order valence-electron chi connectivity index (χ1n) is 10.7. The van der Waals surface area contributed by atoms with Crippen molar-refractivity contribution in [2.45, 2.75) is 55.5 Å². The van der Waals surface area contributed by atoms with Gasteiger partial charge in [0.2, 0.25) is 0 Å². The molecule has 1 aliphatic carbocycles. The minimum absolute atomic E-state index is 0.0523. The molecule has 33 heavy (non-hydrogen) atoms.